The number of carbonyl (C=O) groups excluding carboxylic acids is 1. The number of carbonyl (C=O) groups is 1. The van der Waals surface area contributed by atoms with Gasteiger partial charge in [-0.05, 0) is 67.5 Å². The van der Waals surface area contributed by atoms with Gasteiger partial charge in [0.1, 0.15) is 0 Å². The number of benzene rings is 2. The van der Waals surface area contributed by atoms with E-state index in [9.17, 15) is 13.2 Å². The fourth-order valence-corrected chi connectivity index (χ4v) is 7.26. The van der Waals surface area contributed by atoms with Crippen LogP contribution >= 0.6 is 34.8 Å². The van der Waals surface area contributed by atoms with E-state index in [-0.39, 0.29) is 42.6 Å². The number of alkyl halides is 1. The van der Waals surface area contributed by atoms with Gasteiger partial charge in [-0.25, -0.2) is 13.6 Å². The second kappa shape index (κ2) is 12.5. The van der Waals surface area contributed by atoms with Gasteiger partial charge >= 0.3 is 0 Å². The Labute approximate surface area is 236 Å². The van der Waals surface area contributed by atoms with Crippen LogP contribution in [0, 0.1) is 5.41 Å². The molecule has 1 fully saturated rings. The van der Waals surface area contributed by atoms with Crippen LogP contribution in [0.1, 0.15) is 69.0 Å². The van der Waals surface area contributed by atoms with Gasteiger partial charge in [-0.3, -0.25) is 4.79 Å². The molecule has 2 aromatic rings. The fraction of sp³-hybridized carbons (Fsp3) is 0.464. The Balaban J connectivity index is 2.23. The average molecular weight is 586 g/mol. The van der Waals surface area contributed by atoms with Crippen molar-refractivity contribution < 1.29 is 13.2 Å². The van der Waals surface area contributed by atoms with Gasteiger partial charge in [0, 0.05) is 27.9 Å². The molecule has 1 aliphatic heterocycles. The molecule has 1 aliphatic rings. The number of halogens is 3. The summed E-state index contributed by atoms with van der Waals surface area (Å²) in [6.07, 6.45) is 3.81. The van der Waals surface area contributed by atoms with Crippen molar-refractivity contribution in [2.45, 2.75) is 69.2 Å². The van der Waals surface area contributed by atoms with E-state index in [1.807, 2.05) is 67.3 Å². The lowest BCUT2D eigenvalue weighted by atomic mass is 9.67. The summed E-state index contributed by atoms with van der Waals surface area (Å²) in [7, 11) is -3.86. The summed E-state index contributed by atoms with van der Waals surface area (Å²) >= 11 is 18.6. The maximum Gasteiger partial charge on any atom is 0.229 e. The summed E-state index contributed by atoms with van der Waals surface area (Å²) < 4.78 is 24.9. The summed E-state index contributed by atoms with van der Waals surface area (Å²) in [6.45, 7) is 7.84. The van der Waals surface area contributed by atoms with Gasteiger partial charge < -0.3 is 4.90 Å². The summed E-state index contributed by atoms with van der Waals surface area (Å²) in [5, 5.41) is 5.95. The van der Waals surface area contributed by atoms with Gasteiger partial charge in [0.2, 0.25) is 15.9 Å². The second-order valence-electron chi connectivity index (χ2n) is 10.1. The van der Waals surface area contributed by atoms with Gasteiger partial charge in [-0.1, -0.05) is 67.4 Å². The van der Waals surface area contributed by atoms with Gasteiger partial charge in [-0.2, -0.15) is 0 Å². The van der Waals surface area contributed by atoms with Gasteiger partial charge in [0.05, 0.1) is 16.7 Å². The van der Waals surface area contributed by atoms with Crippen LogP contribution in [0.3, 0.4) is 0 Å². The minimum absolute atomic E-state index is 0.0310. The highest BCUT2D eigenvalue weighted by Gasteiger charge is 2.51. The van der Waals surface area contributed by atoms with Crippen molar-refractivity contribution in [3.63, 3.8) is 0 Å². The molecule has 3 rings (SSSR count). The molecule has 2 aromatic carbocycles. The Hall–Kier alpha value is -1.57. The van der Waals surface area contributed by atoms with Crippen molar-refractivity contribution in [2.24, 2.45) is 10.6 Å². The number of primary sulfonamides is 1. The first-order chi connectivity index (χ1) is 17.4. The number of piperidine rings is 1. The smallest absolute Gasteiger partial charge is 0.229 e. The molecule has 2 N–H and O–H groups in total. The van der Waals surface area contributed by atoms with Crippen LogP contribution in [0.25, 0.3) is 0 Å². The molecule has 5 atom stereocenters. The van der Waals surface area contributed by atoms with Crippen LogP contribution in [0.2, 0.25) is 10.0 Å². The third-order valence-corrected chi connectivity index (χ3v) is 9.54. The third-order valence-electron chi connectivity index (χ3n) is 7.48. The van der Waals surface area contributed by atoms with E-state index < -0.39 is 20.7 Å². The van der Waals surface area contributed by atoms with Crippen LogP contribution in [-0.4, -0.2) is 36.4 Å². The normalized spacial score (nSPS) is 24.1. The van der Waals surface area contributed by atoms with E-state index in [1.165, 1.54) is 0 Å². The number of nitrogens with two attached hydrogens (primary N) is 1. The topological polar surface area (TPSA) is 80.5 Å². The number of amides is 1. The van der Waals surface area contributed by atoms with Crippen molar-refractivity contribution in [1.82, 2.24) is 4.90 Å². The Bertz CT molecular complexity index is 1210. The van der Waals surface area contributed by atoms with E-state index >= 15 is 0 Å². The molecular formula is C28H35Cl3N2O3S. The molecule has 0 bridgehead atoms. The van der Waals surface area contributed by atoms with Gasteiger partial charge in [-0.15, -0.1) is 18.2 Å². The van der Waals surface area contributed by atoms with E-state index in [0.717, 1.165) is 11.1 Å². The van der Waals surface area contributed by atoms with Crippen LogP contribution in [0.15, 0.2) is 61.2 Å². The molecule has 5 nitrogen and oxygen atoms in total. The largest absolute Gasteiger partial charge is 0.332 e. The number of likely N-dealkylation sites (tertiary alicyclic amines) is 1. The van der Waals surface area contributed by atoms with Crippen molar-refractivity contribution >= 4 is 50.7 Å². The summed E-state index contributed by atoms with van der Waals surface area (Å²) in [5.74, 6) is 0.0276. The van der Waals surface area contributed by atoms with Gasteiger partial charge in [0.25, 0.3) is 0 Å². The quantitative estimate of drug-likeness (QED) is 0.226. The lowest BCUT2D eigenvalue weighted by Gasteiger charge is -2.52. The number of hydrogen-bond donors (Lipinski definition) is 1. The zero-order valence-electron chi connectivity index (χ0n) is 21.2. The predicted molar refractivity (Wildman–Crippen MR) is 154 cm³/mol. The molecule has 0 aromatic heterocycles. The monoisotopic (exact) mass is 584 g/mol. The zero-order valence-corrected chi connectivity index (χ0v) is 24.3. The van der Waals surface area contributed by atoms with E-state index in [0.29, 0.717) is 29.3 Å². The number of rotatable bonds is 11. The Morgan fingerprint density at radius 2 is 1.84 bits per heavy atom. The Kier molecular flexibility index (Phi) is 10.1. The van der Waals surface area contributed by atoms with Crippen molar-refractivity contribution in [2.75, 3.05) is 5.88 Å². The minimum atomic E-state index is -3.86. The number of sulfonamides is 1. The minimum Gasteiger partial charge on any atom is -0.332 e. The van der Waals surface area contributed by atoms with Crippen LogP contribution in [0.5, 0.6) is 0 Å². The number of allylic oxidation sites excluding steroid dienone is 1. The molecule has 0 spiro atoms. The molecule has 0 aliphatic carbocycles. The lowest BCUT2D eigenvalue weighted by molar-refractivity contribution is -0.154. The summed E-state index contributed by atoms with van der Waals surface area (Å²) in [6, 6.07) is 14.5. The lowest BCUT2D eigenvalue weighted by Crippen LogP contribution is -2.56. The first-order valence-corrected chi connectivity index (χ1v) is 15.4. The molecule has 37 heavy (non-hydrogen) atoms. The highest BCUT2D eigenvalue weighted by molar-refractivity contribution is 7.89. The SMILES string of the molecule is C=CC[C@@]1(C)C[C@H](c2cccc(Cl)c2)[C@@H](c2ccc(Cl)cc2)N([C@@H](CC)CC(CCCl)S(N)(=O)=O)C1=O. The summed E-state index contributed by atoms with van der Waals surface area (Å²) in [4.78, 5) is 16.2. The molecule has 202 valence electrons. The average Bonchev–Trinajstić information content (AvgIpc) is 2.84. The van der Waals surface area contributed by atoms with Crippen molar-refractivity contribution in [3.05, 3.63) is 82.4 Å². The van der Waals surface area contributed by atoms with Crippen LogP contribution in [-0.2, 0) is 14.8 Å². The molecule has 0 radical (unpaired) electrons. The van der Waals surface area contributed by atoms with Crippen molar-refractivity contribution in [3.8, 4) is 0 Å². The third kappa shape index (κ3) is 6.90. The molecule has 9 heteroatoms. The van der Waals surface area contributed by atoms with E-state index in [4.69, 9.17) is 39.9 Å². The molecule has 1 saturated heterocycles. The number of hydrogen-bond acceptors (Lipinski definition) is 3. The fourth-order valence-electron chi connectivity index (χ4n) is 5.61. The Morgan fingerprint density at radius 1 is 1.16 bits per heavy atom. The van der Waals surface area contributed by atoms with Crippen LogP contribution in [0.4, 0.5) is 0 Å². The molecule has 1 amide bonds. The molecular weight excluding hydrogens is 551 g/mol. The number of nitrogens with zero attached hydrogens (tertiary/aromatic N) is 1. The first kappa shape index (κ1) is 30.0. The molecule has 1 heterocycles. The van der Waals surface area contributed by atoms with Crippen molar-refractivity contribution in [1.29, 1.82) is 0 Å². The zero-order chi connectivity index (χ0) is 27.4. The molecule has 1 unspecified atom stereocenters. The van der Waals surface area contributed by atoms with E-state index in [2.05, 4.69) is 6.58 Å². The van der Waals surface area contributed by atoms with E-state index in [1.54, 1.807) is 6.08 Å². The molecule has 0 saturated carbocycles. The predicted octanol–water partition coefficient (Wildman–Crippen LogP) is 7.09. The second-order valence-corrected chi connectivity index (χ2v) is 13.2. The maximum atomic E-state index is 14.3. The highest BCUT2D eigenvalue weighted by Crippen LogP contribution is 2.52. The Morgan fingerprint density at radius 3 is 2.38 bits per heavy atom. The van der Waals surface area contributed by atoms with Crippen LogP contribution < -0.4 is 5.14 Å². The summed E-state index contributed by atoms with van der Waals surface area (Å²) in [5.41, 5.74) is 1.21. The first-order valence-electron chi connectivity index (χ1n) is 12.5. The standard InChI is InChI=1S/C28H35Cl3N2O3S/c1-4-14-28(3)18-25(20-7-6-8-22(31)16-20)26(19-9-11-21(30)12-10-19)33(27(28)34)23(5-2)17-24(13-15-29)37(32,35)36/h4,6-12,16,23-26H,1,5,13-15,17-18H2,2-3H3,(H2,32,35,36)/t23-,24?,25+,26+,28-/m0/s1. The highest BCUT2D eigenvalue weighted by atomic mass is 35.5. The van der Waals surface area contributed by atoms with Gasteiger partial charge in [0.15, 0.2) is 0 Å². The maximum absolute atomic E-state index is 14.3.